The highest BCUT2D eigenvalue weighted by atomic mass is 16.5. The first kappa shape index (κ1) is 14.2. The number of nitrogens with zero attached hydrogens (tertiary/aromatic N) is 1. The van der Waals surface area contributed by atoms with Crippen LogP contribution in [0, 0.1) is 0 Å². The van der Waals surface area contributed by atoms with Crippen molar-refractivity contribution in [2.75, 3.05) is 13.7 Å². The second kappa shape index (κ2) is 7.43. The largest absolute Gasteiger partial charge is 0.481 e. The van der Waals surface area contributed by atoms with Crippen molar-refractivity contribution in [3.05, 3.63) is 23.9 Å². The highest BCUT2D eigenvalue weighted by Crippen LogP contribution is 2.19. The summed E-state index contributed by atoms with van der Waals surface area (Å²) in [7, 11) is 1.62. The molecule has 0 saturated carbocycles. The number of aromatic nitrogens is 1. The Kier molecular flexibility index (Phi) is 5.57. The first-order chi connectivity index (χ1) is 9.31. The van der Waals surface area contributed by atoms with Gasteiger partial charge in [0, 0.05) is 24.9 Å². The Bertz CT molecular complexity index is 363. The Balaban J connectivity index is 1.79. The molecule has 0 aliphatic carbocycles. The fourth-order valence-electron chi connectivity index (χ4n) is 2.44. The molecule has 2 heterocycles. The molecule has 0 radical (unpaired) electrons. The smallest absolute Gasteiger partial charge is 0.212 e. The van der Waals surface area contributed by atoms with Gasteiger partial charge in [0.25, 0.3) is 0 Å². The fraction of sp³-hybridized carbons (Fsp3) is 0.643. The third-order valence-corrected chi connectivity index (χ3v) is 3.59. The summed E-state index contributed by atoms with van der Waals surface area (Å²) in [5.74, 6) is 6.26. The van der Waals surface area contributed by atoms with E-state index >= 15 is 0 Å². The summed E-state index contributed by atoms with van der Waals surface area (Å²) in [5, 5.41) is 0. The zero-order chi connectivity index (χ0) is 13.5. The van der Waals surface area contributed by atoms with E-state index in [1.807, 2.05) is 18.3 Å². The molecule has 0 amide bonds. The van der Waals surface area contributed by atoms with E-state index in [0.29, 0.717) is 12.0 Å². The number of hydrazine groups is 1. The number of hydrogen-bond donors (Lipinski definition) is 2. The van der Waals surface area contributed by atoms with E-state index < -0.39 is 0 Å². The van der Waals surface area contributed by atoms with Gasteiger partial charge in [0.05, 0.1) is 13.2 Å². The molecule has 1 saturated heterocycles. The molecular weight excluding hydrogens is 242 g/mol. The highest BCUT2D eigenvalue weighted by molar-refractivity contribution is 5.18. The molecule has 106 valence electrons. The van der Waals surface area contributed by atoms with Crippen LogP contribution in [0.25, 0.3) is 0 Å². The third kappa shape index (κ3) is 4.45. The molecule has 19 heavy (non-hydrogen) atoms. The zero-order valence-electron chi connectivity index (χ0n) is 11.5. The Hall–Kier alpha value is -1.17. The van der Waals surface area contributed by atoms with Gasteiger partial charge in [-0.2, -0.15) is 0 Å². The lowest BCUT2D eigenvalue weighted by atomic mass is 10.0. The highest BCUT2D eigenvalue weighted by Gasteiger charge is 2.17. The van der Waals surface area contributed by atoms with Crippen LogP contribution in [0.5, 0.6) is 5.88 Å². The second-order valence-electron chi connectivity index (χ2n) is 4.99. The lowest BCUT2D eigenvalue weighted by Crippen LogP contribution is -2.37. The number of pyridine rings is 1. The van der Waals surface area contributed by atoms with Crippen LogP contribution in [-0.4, -0.2) is 30.8 Å². The van der Waals surface area contributed by atoms with Crippen LogP contribution in [-0.2, 0) is 11.2 Å². The van der Waals surface area contributed by atoms with Crippen molar-refractivity contribution in [1.29, 1.82) is 0 Å². The van der Waals surface area contributed by atoms with Crippen molar-refractivity contribution in [2.45, 2.75) is 44.2 Å². The molecule has 2 atom stereocenters. The van der Waals surface area contributed by atoms with Crippen LogP contribution in [0.4, 0.5) is 0 Å². The van der Waals surface area contributed by atoms with Gasteiger partial charge < -0.3 is 9.47 Å². The van der Waals surface area contributed by atoms with Gasteiger partial charge >= 0.3 is 0 Å². The van der Waals surface area contributed by atoms with Crippen LogP contribution in [0.3, 0.4) is 0 Å². The van der Waals surface area contributed by atoms with Gasteiger partial charge in [-0.1, -0.05) is 6.07 Å². The van der Waals surface area contributed by atoms with E-state index in [1.54, 1.807) is 7.11 Å². The molecule has 0 spiro atoms. The van der Waals surface area contributed by atoms with E-state index in [0.717, 1.165) is 31.4 Å². The predicted octanol–water partition coefficient (Wildman–Crippen LogP) is 1.42. The first-order valence-corrected chi connectivity index (χ1v) is 6.88. The molecule has 1 aromatic rings. The summed E-state index contributed by atoms with van der Waals surface area (Å²) in [4.78, 5) is 4.21. The number of hydrogen-bond acceptors (Lipinski definition) is 5. The zero-order valence-corrected chi connectivity index (χ0v) is 11.5. The molecule has 5 nitrogen and oxygen atoms in total. The van der Waals surface area contributed by atoms with Gasteiger partial charge in [-0.15, -0.1) is 0 Å². The lowest BCUT2D eigenvalue weighted by molar-refractivity contribution is 0.0996. The molecule has 1 aliphatic rings. The molecular formula is C14H23N3O2. The number of methoxy groups -OCH3 is 1. The fourth-order valence-corrected chi connectivity index (χ4v) is 2.44. The molecule has 2 unspecified atom stereocenters. The van der Waals surface area contributed by atoms with Crippen molar-refractivity contribution in [2.24, 2.45) is 5.84 Å². The summed E-state index contributed by atoms with van der Waals surface area (Å²) >= 11 is 0. The predicted molar refractivity (Wildman–Crippen MR) is 73.8 cm³/mol. The summed E-state index contributed by atoms with van der Waals surface area (Å²) in [5.41, 5.74) is 4.05. The Labute approximate surface area is 114 Å². The molecule has 2 rings (SSSR count). The molecule has 3 N–H and O–H groups in total. The van der Waals surface area contributed by atoms with Crippen LogP contribution in [0.2, 0.25) is 0 Å². The topological polar surface area (TPSA) is 69.4 Å². The minimum atomic E-state index is 0.263. The Morgan fingerprint density at radius 1 is 1.58 bits per heavy atom. The SMILES string of the molecule is COc1ccc(CC(CCC2CCCO2)NN)cn1. The molecule has 1 aromatic heterocycles. The van der Waals surface area contributed by atoms with Crippen molar-refractivity contribution in [1.82, 2.24) is 10.4 Å². The summed E-state index contributed by atoms with van der Waals surface area (Å²) < 4.78 is 10.7. The Morgan fingerprint density at radius 2 is 2.47 bits per heavy atom. The average Bonchev–Trinajstić information content (AvgIpc) is 2.97. The van der Waals surface area contributed by atoms with Gasteiger partial charge in [0.2, 0.25) is 5.88 Å². The minimum Gasteiger partial charge on any atom is -0.481 e. The normalized spacial score (nSPS) is 20.4. The molecule has 1 aliphatic heterocycles. The van der Waals surface area contributed by atoms with E-state index in [2.05, 4.69) is 10.4 Å². The first-order valence-electron chi connectivity index (χ1n) is 6.88. The summed E-state index contributed by atoms with van der Waals surface area (Å²) in [6.45, 7) is 0.911. The molecule has 0 aromatic carbocycles. The quantitative estimate of drug-likeness (QED) is 0.576. The van der Waals surface area contributed by atoms with Gasteiger partial charge in [0.15, 0.2) is 0 Å². The average molecular weight is 265 g/mol. The van der Waals surface area contributed by atoms with Crippen molar-refractivity contribution in [3.8, 4) is 5.88 Å². The number of nitrogens with two attached hydrogens (primary N) is 1. The van der Waals surface area contributed by atoms with Gasteiger partial charge in [0.1, 0.15) is 0 Å². The minimum absolute atomic E-state index is 0.263. The van der Waals surface area contributed by atoms with E-state index in [-0.39, 0.29) is 6.04 Å². The van der Waals surface area contributed by atoms with Crippen LogP contribution in [0.15, 0.2) is 18.3 Å². The third-order valence-electron chi connectivity index (χ3n) is 3.59. The molecule has 0 bridgehead atoms. The number of nitrogens with one attached hydrogen (secondary N) is 1. The maximum absolute atomic E-state index is 5.63. The van der Waals surface area contributed by atoms with Gasteiger partial charge in [-0.3, -0.25) is 11.3 Å². The standard InChI is InChI=1S/C14H23N3O2/c1-18-14-7-4-11(10-16-14)9-12(17-15)5-6-13-3-2-8-19-13/h4,7,10,12-13,17H,2-3,5-6,8-9,15H2,1H3. The molecule has 5 heteroatoms. The van der Waals surface area contributed by atoms with E-state index in [9.17, 15) is 0 Å². The van der Waals surface area contributed by atoms with Crippen LogP contribution >= 0.6 is 0 Å². The van der Waals surface area contributed by atoms with Gasteiger partial charge in [-0.25, -0.2) is 4.98 Å². The lowest BCUT2D eigenvalue weighted by Gasteiger charge is -2.18. The number of rotatable bonds is 7. The van der Waals surface area contributed by atoms with Crippen LogP contribution < -0.4 is 16.0 Å². The van der Waals surface area contributed by atoms with Crippen LogP contribution in [0.1, 0.15) is 31.2 Å². The Morgan fingerprint density at radius 3 is 3.05 bits per heavy atom. The summed E-state index contributed by atoms with van der Waals surface area (Å²) in [6, 6.07) is 4.17. The van der Waals surface area contributed by atoms with Crippen molar-refractivity contribution in [3.63, 3.8) is 0 Å². The maximum atomic E-state index is 5.63. The van der Waals surface area contributed by atoms with E-state index in [4.69, 9.17) is 15.3 Å². The molecule has 1 fully saturated rings. The second-order valence-corrected chi connectivity index (χ2v) is 4.99. The summed E-state index contributed by atoms with van der Waals surface area (Å²) in [6.07, 6.45) is 7.60. The van der Waals surface area contributed by atoms with E-state index in [1.165, 1.54) is 12.8 Å². The van der Waals surface area contributed by atoms with Crippen molar-refractivity contribution >= 4 is 0 Å². The van der Waals surface area contributed by atoms with Crippen molar-refractivity contribution < 1.29 is 9.47 Å². The monoisotopic (exact) mass is 265 g/mol. The van der Waals surface area contributed by atoms with Gasteiger partial charge in [-0.05, 0) is 37.7 Å². The maximum Gasteiger partial charge on any atom is 0.212 e. The number of ether oxygens (including phenoxy) is 2.